The van der Waals surface area contributed by atoms with Crippen molar-refractivity contribution in [3.63, 3.8) is 0 Å². The summed E-state index contributed by atoms with van der Waals surface area (Å²) in [6.07, 6.45) is 1.92. The molecule has 1 aromatic heterocycles. The molecule has 3 heterocycles. The molecule has 10 nitrogen and oxygen atoms in total. The molecule has 1 spiro atoms. The molecule has 3 N–H and O–H groups in total. The second-order valence-electron chi connectivity index (χ2n) is 10.9. The van der Waals surface area contributed by atoms with Gasteiger partial charge >= 0.3 is 11.8 Å². The average molecular weight is 503 g/mol. The zero-order valence-corrected chi connectivity index (χ0v) is 21.3. The van der Waals surface area contributed by atoms with E-state index >= 15 is 0 Å². The zero-order chi connectivity index (χ0) is 27.0. The van der Waals surface area contributed by atoms with Crippen LogP contribution in [-0.4, -0.2) is 52.1 Å². The van der Waals surface area contributed by atoms with Crippen molar-refractivity contribution in [1.82, 2.24) is 15.2 Å². The first-order valence-corrected chi connectivity index (χ1v) is 12.1. The third-order valence-electron chi connectivity index (χ3n) is 6.69. The van der Waals surface area contributed by atoms with Gasteiger partial charge in [-0.25, -0.2) is 4.98 Å². The predicted octanol–water partition coefficient (Wildman–Crippen LogP) is 2.26. The van der Waals surface area contributed by atoms with Gasteiger partial charge in [-0.1, -0.05) is 45.0 Å². The predicted molar refractivity (Wildman–Crippen MR) is 136 cm³/mol. The van der Waals surface area contributed by atoms with Gasteiger partial charge in [0.05, 0.1) is 11.5 Å². The number of carbonyl (C=O) groups excluding carboxylic acids is 4. The largest absolute Gasteiger partial charge is 0.336 e. The van der Waals surface area contributed by atoms with E-state index in [0.717, 1.165) is 11.1 Å². The van der Waals surface area contributed by atoms with Crippen LogP contribution in [0.4, 0.5) is 11.5 Å². The van der Waals surface area contributed by atoms with Crippen molar-refractivity contribution in [2.24, 2.45) is 5.41 Å². The summed E-state index contributed by atoms with van der Waals surface area (Å²) in [6.45, 7) is 7.57. The van der Waals surface area contributed by atoms with Crippen LogP contribution < -0.4 is 16.0 Å². The maximum absolute atomic E-state index is 13.8. The molecule has 2 aliphatic rings. The van der Waals surface area contributed by atoms with E-state index in [4.69, 9.17) is 0 Å². The van der Waals surface area contributed by atoms with Gasteiger partial charge in [-0.05, 0) is 42.0 Å². The number of anilines is 2. The Morgan fingerprint density at radius 1 is 1.22 bits per heavy atom. The second-order valence-corrected chi connectivity index (χ2v) is 10.9. The van der Waals surface area contributed by atoms with Crippen molar-refractivity contribution in [2.45, 2.75) is 58.0 Å². The highest BCUT2D eigenvalue weighted by atomic mass is 16.2. The lowest BCUT2D eigenvalue weighted by molar-refractivity contribution is -0.141. The highest BCUT2D eigenvalue weighted by molar-refractivity contribution is 6.39. The van der Waals surface area contributed by atoms with Crippen LogP contribution in [-0.2, 0) is 24.6 Å². The number of nitriles is 1. The Bertz CT molecular complexity index is 1290. The van der Waals surface area contributed by atoms with E-state index in [0.29, 0.717) is 5.69 Å². The molecule has 1 aromatic carbocycles. The van der Waals surface area contributed by atoms with Crippen molar-refractivity contribution < 1.29 is 19.2 Å². The van der Waals surface area contributed by atoms with Crippen LogP contribution in [0.3, 0.4) is 0 Å². The van der Waals surface area contributed by atoms with Gasteiger partial charge in [0.15, 0.2) is 0 Å². The summed E-state index contributed by atoms with van der Waals surface area (Å²) in [5.41, 5.74) is 0.875. The Morgan fingerprint density at radius 2 is 1.95 bits per heavy atom. The van der Waals surface area contributed by atoms with Gasteiger partial charge in [0.1, 0.15) is 17.9 Å². The minimum absolute atomic E-state index is 0.00288. The first-order valence-electron chi connectivity index (χ1n) is 12.1. The Kier molecular flexibility index (Phi) is 6.74. The Balaban J connectivity index is 1.56. The quantitative estimate of drug-likeness (QED) is 0.547. The molecule has 10 heteroatoms. The molecule has 0 saturated carbocycles. The van der Waals surface area contributed by atoms with E-state index in [1.54, 1.807) is 24.4 Å². The van der Waals surface area contributed by atoms with Crippen LogP contribution in [0, 0.1) is 23.7 Å². The summed E-state index contributed by atoms with van der Waals surface area (Å²) in [5, 5.41) is 17.7. The molecule has 4 rings (SSSR count). The highest BCUT2D eigenvalue weighted by Gasteiger charge is 2.56. The molecule has 3 atom stereocenters. The number of rotatable bonds is 4. The van der Waals surface area contributed by atoms with Gasteiger partial charge < -0.3 is 20.9 Å². The molecule has 37 heavy (non-hydrogen) atoms. The monoisotopic (exact) mass is 502 g/mol. The van der Waals surface area contributed by atoms with E-state index < -0.39 is 35.2 Å². The lowest BCUT2D eigenvalue weighted by Crippen LogP contribution is -2.53. The number of aromatic nitrogens is 1. The maximum atomic E-state index is 13.8. The standard InChI is InChI=1S/C27H30N6O4/c1-16-9-10-21(29-14-16)32-23(35)22(34)30-20(12-26(2,3)4)24(36)33-15-27(11-17(33)13-28)18-7-5-6-8-19(18)31-25(27)37/h5-10,14,17,20H,11-12,15H2,1-4H3,(H,30,34)(H,31,37)(H,29,32,35)/t17-,20-,27-/m0/s1. The average Bonchev–Trinajstić information content (AvgIpc) is 3.37. The molecule has 0 unspecified atom stereocenters. The van der Waals surface area contributed by atoms with Crippen LogP contribution >= 0.6 is 0 Å². The Labute approximate surface area is 215 Å². The summed E-state index contributed by atoms with van der Waals surface area (Å²) in [6, 6.07) is 10.8. The van der Waals surface area contributed by atoms with Crippen molar-refractivity contribution in [3.05, 3.63) is 53.7 Å². The summed E-state index contributed by atoms with van der Waals surface area (Å²) < 4.78 is 0. The second kappa shape index (κ2) is 9.65. The number of aryl methyl sites for hydroxylation is 1. The van der Waals surface area contributed by atoms with E-state index in [2.05, 4.69) is 27.0 Å². The van der Waals surface area contributed by atoms with E-state index in [-0.39, 0.29) is 36.5 Å². The number of fused-ring (bicyclic) bond motifs is 2. The molecule has 1 saturated heterocycles. The number of benzene rings is 1. The fraction of sp³-hybridized carbons (Fsp3) is 0.407. The number of hydrogen-bond acceptors (Lipinski definition) is 6. The molecule has 0 radical (unpaired) electrons. The van der Waals surface area contributed by atoms with Gasteiger partial charge in [0, 0.05) is 24.8 Å². The number of likely N-dealkylation sites (tertiary alicyclic amines) is 1. The van der Waals surface area contributed by atoms with Gasteiger partial charge in [-0.2, -0.15) is 5.26 Å². The van der Waals surface area contributed by atoms with Gasteiger partial charge in [0.2, 0.25) is 11.8 Å². The SMILES string of the molecule is Cc1ccc(NC(=O)C(=O)N[C@@H](CC(C)(C)C)C(=O)N2C[C@]3(C[C@H]2C#N)C(=O)Nc2ccccc23)nc1. The third kappa shape index (κ3) is 5.16. The Morgan fingerprint density at radius 3 is 2.59 bits per heavy atom. The van der Waals surface area contributed by atoms with Crippen molar-refractivity contribution in [2.75, 3.05) is 17.2 Å². The summed E-state index contributed by atoms with van der Waals surface area (Å²) in [5.74, 6) is -2.50. The van der Waals surface area contributed by atoms with Crippen LogP contribution in [0.15, 0.2) is 42.6 Å². The smallest absolute Gasteiger partial charge is 0.314 e. The fourth-order valence-corrected chi connectivity index (χ4v) is 4.94. The topological polar surface area (TPSA) is 144 Å². The van der Waals surface area contributed by atoms with Crippen LogP contribution in [0.25, 0.3) is 0 Å². The molecule has 2 aliphatic heterocycles. The fourth-order valence-electron chi connectivity index (χ4n) is 4.94. The maximum Gasteiger partial charge on any atom is 0.314 e. The number of para-hydroxylation sites is 1. The molecule has 2 aromatic rings. The number of hydrogen-bond donors (Lipinski definition) is 3. The summed E-state index contributed by atoms with van der Waals surface area (Å²) >= 11 is 0. The normalized spacial score (nSPS) is 21.1. The minimum atomic E-state index is -1.07. The summed E-state index contributed by atoms with van der Waals surface area (Å²) in [4.78, 5) is 57.6. The number of nitrogens with zero attached hydrogens (tertiary/aromatic N) is 3. The van der Waals surface area contributed by atoms with Gasteiger partial charge in [0.25, 0.3) is 0 Å². The molecular formula is C27H30N6O4. The van der Waals surface area contributed by atoms with Crippen molar-refractivity contribution in [3.8, 4) is 6.07 Å². The number of amides is 4. The zero-order valence-electron chi connectivity index (χ0n) is 21.3. The van der Waals surface area contributed by atoms with Crippen LogP contribution in [0.5, 0.6) is 0 Å². The number of nitrogens with one attached hydrogen (secondary N) is 3. The third-order valence-corrected chi connectivity index (χ3v) is 6.69. The van der Waals surface area contributed by atoms with Crippen LogP contribution in [0.1, 0.15) is 44.7 Å². The van der Waals surface area contributed by atoms with Gasteiger partial charge in [-0.15, -0.1) is 0 Å². The molecule has 0 aliphatic carbocycles. The van der Waals surface area contributed by atoms with Crippen molar-refractivity contribution >= 4 is 35.1 Å². The first kappa shape index (κ1) is 25.8. The molecule has 4 amide bonds. The van der Waals surface area contributed by atoms with Crippen molar-refractivity contribution in [1.29, 1.82) is 5.26 Å². The number of pyridine rings is 1. The molecule has 1 fully saturated rings. The Hall–Kier alpha value is -4.26. The lowest BCUT2D eigenvalue weighted by Gasteiger charge is -2.31. The minimum Gasteiger partial charge on any atom is -0.336 e. The lowest BCUT2D eigenvalue weighted by atomic mass is 9.80. The van der Waals surface area contributed by atoms with Gasteiger partial charge in [-0.3, -0.25) is 19.2 Å². The van der Waals surface area contributed by atoms with Crippen LogP contribution in [0.2, 0.25) is 0 Å². The van der Waals surface area contributed by atoms with E-state index in [1.807, 2.05) is 45.9 Å². The van der Waals surface area contributed by atoms with E-state index in [1.165, 1.54) is 4.90 Å². The van der Waals surface area contributed by atoms with E-state index in [9.17, 15) is 24.4 Å². The first-order chi connectivity index (χ1) is 17.4. The molecular weight excluding hydrogens is 472 g/mol. The summed E-state index contributed by atoms with van der Waals surface area (Å²) in [7, 11) is 0. The molecule has 0 bridgehead atoms. The number of carbonyl (C=O) groups is 4. The molecule has 192 valence electrons. The highest BCUT2D eigenvalue weighted by Crippen LogP contribution is 2.46.